The number of likely N-dealkylation sites (N-methyl/N-ethyl adjacent to an activating group) is 1. The van der Waals surface area contributed by atoms with Crippen LogP contribution in [0.2, 0.25) is 0 Å². The highest BCUT2D eigenvalue weighted by molar-refractivity contribution is 6.64. The summed E-state index contributed by atoms with van der Waals surface area (Å²) in [5.74, 6) is 0.738. The standard InChI is InChI=1S/C26H32BNO7/c1-19(7-8-20-5-3-4-6-24(20)33-23-13-15-31-16-14-23)32-22-11-9-21(10-12-22)27-34-25(29)17-28(2)18-26(30)35-27/h3-6,9-12,19,23H,7-8,13-18H2,1-2H3. The van der Waals surface area contributed by atoms with Crippen molar-refractivity contribution in [3.8, 4) is 11.5 Å². The maximum Gasteiger partial charge on any atom is 0.636 e. The fourth-order valence-electron chi connectivity index (χ4n) is 4.12. The summed E-state index contributed by atoms with van der Waals surface area (Å²) in [7, 11) is 0.607. The minimum absolute atomic E-state index is 0.0235. The molecule has 2 heterocycles. The summed E-state index contributed by atoms with van der Waals surface area (Å²) in [6.45, 7) is 3.60. The summed E-state index contributed by atoms with van der Waals surface area (Å²) in [5.41, 5.74) is 1.75. The molecule has 0 bridgehead atoms. The van der Waals surface area contributed by atoms with Crippen LogP contribution < -0.4 is 14.9 Å². The van der Waals surface area contributed by atoms with Gasteiger partial charge in [0.05, 0.1) is 32.4 Å². The number of nitrogens with zero attached hydrogens (tertiary/aromatic N) is 1. The number of hydrogen-bond acceptors (Lipinski definition) is 8. The summed E-state index contributed by atoms with van der Waals surface area (Å²) in [5, 5.41) is 0. The van der Waals surface area contributed by atoms with Gasteiger partial charge in [0.1, 0.15) is 17.6 Å². The predicted octanol–water partition coefficient (Wildman–Crippen LogP) is 2.37. The first kappa shape index (κ1) is 25.1. The Morgan fingerprint density at radius 1 is 1.00 bits per heavy atom. The maximum atomic E-state index is 12.0. The lowest BCUT2D eigenvalue weighted by atomic mass is 9.78. The van der Waals surface area contributed by atoms with Crippen LogP contribution in [0.25, 0.3) is 0 Å². The van der Waals surface area contributed by atoms with E-state index in [2.05, 4.69) is 6.07 Å². The Morgan fingerprint density at radius 2 is 1.66 bits per heavy atom. The Hall–Kier alpha value is -3.04. The first-order valence-electron chi connectivity index (χ1n) is 12.1. The molecule has 1 unspecified atom stereocenters. The molecule has 0 radical (unpaired) electrons. The van der Waals surface area contributed by atoms with E-state index in [9.17, 15) is 9.59 Å². The molecular formula is C26H32BNO7. The minimum atomic E-state index is -1.05. The number of rotatable bonds is 8. The molecule has 1 atom stereocenters. The van der Waals surface area contributed by atoms with E-state index in [1.807, 2.05) is 25.1 Å². The van der Waals surface area contributed by atoms with Gasteiger partial charge in [0.15, 0.2) is 0 Å². The van der Waals surface area contributed by atoms with Gasteiger partial charge < -0.3 is 23.5 Å². The number of aryl methyl sites for hydroxylation is 1. The zero-order chi connectivity index (χ0) is 24.6. The van der Waals surface area contributed by atoms with Gasteiger partial charge >= 0.3 is 19.1 Å². The monoisotopic (exact) mass is 481 g/mol. The van der Waals surface area contributed by atoms with Crippen molar-refractivity contribution in [1.29, 1.82) is 0 Å². The van der Waals surface area contributed by atoms with E-state index < -0.39 is 19.1 Å². The Kier molecular flexibility index (Phi) is 8.66. The van der Waals surface area contributed by atoms with Crippen molar-refractivity contribution in [2.45, 2.75) is 44.8 Å². The van der Waals surface area contributed by atoms with Crippen molar-refractivity contribution in [2.75, 3.05) is 33.4 Å². The quantitative estimate of drug-likeness (QED) is 0.532. The van der Waals surface area contributed by atoms with Gasteiger partial charge in [-0.15, -0.1) is 0 Å². The van der Waals surface area contributed by atoms with Gasteiger partial charge in [-0.05, 0) is 50.6 Å². The van der Waals surface area contributed by atoms with E-state index in [0.29, 0.717) is 11.2 Å². The molecule has 2 aromatic rings. The van der Waals surface area contributed by atoms with Crippen LogP contribution in [0.5, 0.6) is 11.5 Å². The molecule has 2 aliphatic heterocycles. The van der Waals surface area contributed by atoms with Crippen molar-refractivity contribution < 1.29 is 33.1 Å². The topological polar surface area (TPSA) is 83.5 Å². The first-order valence-corrected chi connectivity index (χ1v) is 12.1. The van der Waals surface area contributed by atoms with Gasteiger partial charge in [0, 0.05) is 18.3 Å². The summed E-state index contributed by atoms with van der Waals surface area (Å²) < 4.78 is 28.4. The first-order chi connectivity index (χ1) is 17.0. The molecule has 2 aliphatic rings. The molecule has 35 heavy (non-hydrogen) atoms. The van der Waals surface area contributed by atoms with Crippen LogP contribution in [0.3, 0.4) is 0 Å². The molecule has 9 heteroatoms. The van der Waals surface area contributed by atoms with E-state index in [-0.39, 0.29) is 25.3 Å². The average Bonchev–Trinajstić information content (AvgIpc) is 2.83. The molecule has 8 nitrogen and oxygen atoms in total. The average molecular weight is 481 g/mol. The molecule has 2 saturated heterocycles. The SMILES string of the molecule is CC(CCc1ccccc1OC1CCOCC1)Oc1ccc(B2OC(=O)CN(C)CC(=O)O2)cc1. The zero-order valence-electron chi connectivity index (χ0n) is 20.3. The smallest absolute Gasteiger partial charge is 0.494 e. The summed E-state index contributed by atoms with van der Waals surface area (Å²) >= 11 is 0. The fourth-order valence-corrected chi connectivity index (χ4v) is 4.12. The number of ether oxygens (including phenoxy) is 3. The predicted molar refractivity (Wildman–Crippen MR) is 131 cm³/mol. The van der Waals surface area contributed by atoms with Crippen molar-refractivity contribution >= 4 is 24.5 Å². The molecule has 186 valence electrons. The number of carbonyl (C=O) groups excluding carboxylic acids is 2. The van der Waals surface area contributed by atoms with Crippen LogP contribution in [-0.4, -0.2) is 69.5 Å². The number of para-hydroxylation sites is 1. The summed E-state index contributed by atoms with van der Waals surface area (Å²) in [6, 6.07) is 15.2. The fraction of sp³-hybridized carbons (Fsp3) is 0.462. The van der Waals surface area contributed by atoms with Crippen LogP contribution in [0.15, 0.2) is 48.5 Å². The summed E-state index contributed by atoms with van der Waals surface area (Å²) in [4.78, 5) is 25.5. The van der Waals surface area contributed by atoms with Crippen LogP contribution >= 0.6 is 0 Å². The third kappa shape index (κ3) is 7.47. The Bertz CT molecular complexity index is 973. The second-order valence-corrected chi connectivity index (χ2v) is 9.06. The third-order valence-electron chi connectivity index (χ3n) is 6.02. The Labute approximate surface area is 206 Å². The van der Waals surface area contributed by atoms with E-state index >= 15 is 0 Å². The van der Waals surface area contributed by atoms with Gasteiger partial charge in [-0.3, -0.25) is 14.5 Å². The largest absolute Gasteiger partial charge is 0.636 e. The molecule has 0 spiro atoms. The number of hydrogen-bond donors (Lipinski definition) is 0. The highest BCUT2D eigenvalue weighted by atomic mass is 16.6. The van der Waals surface area contributed by atoms with Gasteiger partial charge in [0.2, 0.25) is 0 Å². The normalized spacial score (nSPS) is 18.7. The third-order valence-corrected chi connectivity index (χ3v) is 6.02. The maximum absolute atomic E-state index is 12.0. The molecular weight excluding hydrogens is 449 g/mol. The Balaban J connectivity index is 1.30. The van der Waals surface area contributed by atoms with E-state index in [1.165, 1.54) is 5.56 Å². The van der Waals surface area contributed by atoms with Crippen molar-refractivity contribution in [3.63, 3.8) is 0 Å². The Morgan fingerprint density at radius 3 is 2.34 bits per heavy atom. The van der Waals surface area contributed by atoms with Gasteiger partial charge in [-0.25, -0.2) is 0 Å². The lowest BCUT2D eigenvalue weighted by Crippen LogP contribution is -2.47. The van der Waals surface area contributed by atoms with Crippen LogP contribution in [0.1, 0.15) is 31.7 Å². The van der Waals surface area contributed by atoms with Gasteiger partial charge in [0.25, 0.3) is 0 Å². The lowest BCUT2D eigenvalue weighted by molar-refractivity contribution is -0.145. The van der Waals surface area contributed by atoms with Crippen LogP contribution in [0.4, 0.5) is 0 Å². The second-order valence-electron chi connectivity index (χ2n) is 9.06. The van der Waals surface area contributed by atoms with E-state index in [0.717, 1.165) is 44.6 Å². The molecule has 2 fully saturated rings. The van der Waals surface area contributed by atoms with Crippen molar-refractivity contribution in [2.24, 2.45) is 0 Å². The molecule has 0 amide bonds. The molecule has 2 aromatic carbocycles. The van der Waals surface area contributed by atoms with Crippen molar-refractivity contribution in [3.05, 3.63) is 54.1 Å². The summed E-state index contributed by atoms with van der Waals surface area (Å²) in [6.07, 6.45) is 3.67. The van der Waals surface area contributed by atoms with Crippen LogP contribution in [0, 0.1) is 0 Å². The number of carbonyl (C=O) groups is 2. The molecule has 0 saturated carbocycles. The highest BCUT2D eigenvalue weighted by Gasteiger charge is 2.33. The minimum Gasteiger partial charge on any atom is -0.494 e. The zero-order valence-corrected chi connectivity index (χ0v) is 20.3. The molecule has 0 N–H and O–H groups in total. The number of benzene rings is 2. The van der Waals surface area contributed by atoms with E-state index in [4.69, 9.17) is 23.5 Å². The lowest BCUT2D eigenvalue weighted by Gasteiger charge is -2.25. The molecule has 0 aliphatic carbocycles. The molecule has 4 rings (SSSR count). The second kappa shape index (κ2) is 12.1. The van der Waals surface area contributed by atoms with E-state index in [1.54, 1.807) is 36.2 Å². The van der Waals surface area contributed by atoms with Gasteiger partial charge in [-0.2, -0.15) is 0 Å². The molecule has 0 aromatic heterocycles. The van der Waals surface area contributed by atoms with Crippen LogP contribution in [-0.2, 0) is 30.1 Å². The van der Waals surface area contributed by atoms with Gasteiger partial charge in [-0.1, -0.05) is 30.3 Å². The highest BCUT2D eigenvalue weighted by Crippen LogP contribution is 2.25. The van der Waals surface area contributed by atoms with Crippen molar-refractivity contribution in [1.82, 2.24) is 4.90 Å².